The first-order valence-corrected chi connectivity index (χ1v) is 7.71. The maximum absolute atomic E-state index is 11.2. The van der Waals surface area contributed by atoms with Crippen LogP contribution in [0.2, 0.25) is 0 Å². The highest BCUT2D eigenvalue weighted by Crippen LogP contribution is 2.03. The summed E-state index contributed by atoms with van der Waals surface area (Å²) in [7, 11) is -3.41. The fourth-order valence-electron chi connectivity index (χ4n) is 1.42. The molecule has 0 fully saturated rings. The maximum Gasteiger partial charge on any atom is 0.267 e. The molecule has 0 bridgehead atoms. The van der Waals surface area contributed by atoms with Crippen LogP contribution >= 0.6 is 0 Å². The number of benzene rings is 1. The third kappa shape index (κ3) is 6.35. The highest BCUT2D eigenvalue weighted by atomic mass is 32.2. The Kier molecular flexibility index (Phi) is 6.52. The Morgan fingerprint density at radius 3 is 2.74 bits per heavy atom. The van der Waals surface area contributed by atoms with Crippen molar-refractivity contribution in [3.05, 3.63) is 35.4 Å². The number of rotatable bonds is 8. The van der Waals surface area contributed by atoms with E-state index >= 15 is 0 Å². The van der Waals surface area contributed by atoms with Crippen LogP contribution in [0.15, 0.2) is 29.4 Å². The van der Waals surface area contributed by atoms with Gasteiger partial charge in [0, 0.05) is 6.42 Å². The van der Waals surface area contributed by atoms with Crippen molar-refractivity contribution in [2.45, 2.75) is 20.3 Å². The first kappa shape index (κ1) is 15.7. The molecule has 0 atom stereocenters. The van der Waals surface area contributed by atoms with E-state index in [1.807, 2.05) is 31.2 Å². The van der Waals surface area contributed by atoms with Gasteiger partial charge in [0.1, 0.15) is 6.61 Å². The number of aryl methyl sites for hydroxylation is 1. The molecule has 0 aromatic heterocycles. The first-order chi connectivity index (χ1) is 9.05. The zero-order chi connectivity index (χ0) is 14.1. The minimum absolute atomic E-state index is 0.0548. The lowest BCUT2D eigenvalue weighted by Crippen LogP contribution is -2.11. The van der Waals surface area contributed by atoms with Gasteiger partial charge in [-0.1, -0.05) is 29.4 Å². The van der Waals surface area contributed by atoms with E-state index in [1.54, 1.807) is 13.1 Å². The van der Waals surface area contributed by atoms with Crippen LogP contribution in [0, 0.1) is 6.92 Å². The van der Waals surface area contributed by atoms with Gasteiger partial charge in [-0.15, -0.1) is 0 Å². The lowest BCUT2D eigenvalue weighted by molar-refractivity contribution is 0.146. The predicted octanol–water partition coefficient (Wildman–Crippen LogP) is 2.10. The van der Waals surface area contributed by atoms with Crippen LogP contribution in [0.4, 0.5) is 0 Å². The topological polar surface area (TPSA) is 65.0 Å². The van der Waals surface area contributed by atoms with Crippen LogP contribution in [0.1, 0.15) is 24.5 Å². The van der Waals surface area contributed by atoms with E-state index < -0.39 is 10.1 Å². The molecule has 0 spiro atoms. The van der Waals surface area contributed by atoms with E-state index in [1.165, 1.54) is 0 Å². The summed E-state index contributed by atoms with van der Waals surface area (Å²) in [6.07, 6.45) is 1.97. The van der Waals surface area contributed by atoms with E-state index in [4.69, 9.17) is 4.84 Å². The maximum atomic E-state index is 11.2. The van der Waals surface area contributed by atoms with Crippen molar-refractivity contribution in [1.82, 2.24) is 0 Å². The van der Waals surface area contributed by atoms with Crippen molar-refractivity contribution in [2.24, 2.45) is 5.16 Å². The van der Waals surface area contributed by atoms with Crippen LogP contribution in [-0.4, -0.2) is 33.6 Å². The molecule has 0 N–H and O–H groups in total. The van der Waals surface area contributed by atoms with E-state index in [9.17, 15) is 8.42 Å². The van der Waals surface area contributed by atoms with Gasteiger partial charge in [0.05, 0.1) is 18.6 Å². The van der Waals surface area contributed by atoms with Crippen LogP contribution < -0.4 is 0 Å². The lowest BCUT2D eigenvalue weighted by Gasteiger charge is -2.02. The average molecular weight is 285 g/mol. The van der Waals surface area contributed by atoms with Crippen LogP contribution in [0.25, 0.3) is 0 Å². The zero-order valence-electron chi connectivity index (χ0n) is 11.2. The van der Waals surface area contributed by atoms with Crippen molar-refractivity contribution in [2.75, 3.05) is 19.0 Å². The monoisotopic (exact) mass is 285 g/mol. The molecule has 1 aromatic carbocycles. The Bertz CT molecular complexity index is 511. The van der Waals surface area contributed by atoms with Gasteiger partial charge < -0.3 is 4.84 Å². The second-order valence-corrected chi connectivity index (χ2v) is 5.71. The van der Waals surface area contributed by atoms with Gasteiger partial charge in [0.15, 0.2) is 0 Å². The molecule has 1 aromatic rings. The highest BCUT2D eigenvalue weighted by molar-refractivity contribution is 7.86. The number of nitrogens with zero attached hydrogens (tertiary/aromatic N) is 1. The molecular weight excluding hydrogens is 266 g/mol. The molecule has 0 saturated carbocycles. The van der Waals surface area contributed by atoms with Gasteiger partial charge in [-0.2, -0.15) is 8.42 Å². The normalized spacial score (nSPS) is 11.9. The van der Waals surface area contributed by atoms with E-state index in [-0.39, 0.29) is 19.0 Å². The summed E-state index contributed by atoms with van der Waals surface area (Å²) in [4.78, 5) is 5.02. The lowest BCUT2D eigenvalue weighted by atomic mass is 10.1. The van der Waals surface area contributed by atoms with Crippen LogP contribution in [0.5, 0.6) is 0 Å². The number of oxime groups is 1. The fraction of sp³-hybridized carbons (Fsp3) is 0.462. The Labute approximate surface area is 114 Å². The van der Waals surface area contributed by atoms with Gasteiger partial charge in [-0.05, 0) is 25.0 Å². The molecule has 5 nitrogen and oxygen atoms in total. The molecule has 106 valence electrons. The second-order valence-electron chi connectivity index (χ2n) is 3.95. The molecule has 0 saturated heterocycles. The van der Waals surface area contributed by atoms with E-state index in [0.717, 1.165) is 11.1 Å². The third-order valence-corrected chi connectivity index (χ3v) is 3.77. The molecule has 0 radical (unpaired) electrons. The summed E-state index contributed by atoms with van der Waals surface area (Å²) in [6.45, 7) is 4.03. The quantitative estimate of drug-likeness (QED) is 0.317. The summed E-state index contributed by atoms with van der Waals surface area (Å²) in [5, 5.41) is 3.81. The Balaban J connectivity index is 2.27. The smallest absolute Gasteiger partial charge is 0.267 e. The SMILES string of the molecule is CCOS(=O)(=O)CCCO/N=C/c1ccccc1C. The molecule has 19 heavy (non-hydrogen) atoms. The molecular formula is C13H19NO4S. The second kappa shape index (κ2) is 7.91. The molecule has 0 heterocycles. The molecule has 0 unspecified atom stereocenters. The summed E-state index contributed by atoms with van der Waals surface area (Å²) in [5.41, 5.74) is 2.08. The fourth-order valence-corrected chi connectivity index (χ4v) is 2.37. The third-order valence-electron chi connectivity index (χ3n) is 2.38. The summed E-state index contributed by atoms with van der Waals surface area (Å²) in [6, 6.07) is 7.78. The average Bonchev–Trinajstić information content (AvgIpc) is 2.35. The molecule has 6 heteroatoms. The summed E-state index contributed by atoms with van der Waals surface area (Å²) < 4.78 is 27.0. The van der Waals surface area contributed by atoms with Crippen LogP contribution in [0.3, 0.4) is 0 Å². The minimum atomic E-state index is -3.41. The highest BCUT2D eigenvalue weighted by Gasteiger charge is 2.08. The summed E-state index contributed by atoms with van der Waals surface area (Å²) >= 11 is 0. The van der Waals surface area contributed by atoms with E-state index in [2.05, 4.69) is 9.34 Å². The molecule has 0 aliphatic rings. The van der Waals surface area contributed by atoms with Crippen molar-refractivity contribution in [3.8, 4) is 0 Å². The zero-order valence-corrected chi connectivity index (χ0v) is 12.0. The van der Waals surface area contributed by atoms with Crippen molar-refractivity contribution in [3.63, 3.8) is 0 Å². The largest absolute Gasteiger partial charge is 0.396 e. The van der Waals surface area contributed by atoms with Gasteiger partial charge in [0.25, 0.3) is 10.1 Å². The Morgan fingerprint density at radius 1 is 1.32 bits per heavy atom. The van der Waals surface area contributed by atoms with Gasteiger partial charge in [-0.3, -0.25) is 4.18 Å². The Hall–Kier alpha value is -1.40. The standard InChI is InChI=1S/C13H19NO4S/c1-3-18-19(15,16)10-6-9-17-14-11-13-8-5-4-7-12(13)2/h4-5,7-8,11H,3,6,9-10H2,1-2H3/b14-11+. The van der Waals surface area contributed by atoms with Gasteiger partial charge in [-0.25, -0.2) is 0 Å². The summed E-state index contributed by atoms with van der Waals surface area (Å²) in [5.74, 6) is -0.0548. The van der Waals surface area contributed by atoms with Gasteiger partial charge in [0.2, 0.25) is 0 Å². The van der Waals surface area contributed by atoms with Crippen molar-refractivity contribution >= 4 is 16.3 Å². The number of hydrogen-bond acceptors (Lipinski definition) is 5. The molecule has 0 aliphatic carbocycles. The predicted molar refractivity (Wildman–Crippen MR) is 74.8 cm³/mol. The number of hydrogen-bond donors (Lipinski definition) is 0. The molecule has 0 amide bonds. The van der Waals surface area contributed by atoms with Crippen molar-refractivity contribution < 1.29 is 17.4 Å². The molecule has 1 rings (SSSR count). The van der Waals surface area contributed by atoms with Crippen molar-refractivity contribution in [1.29, 1.82) is 0 Å². The first-order valence-electron chi connectivity index (χ1n) is 6.13. The van der Waals surface area contributed by atoms with E-state index in [0.29, 0.717) is 6.42 Å². The van der Waals surface area contributed by atoms with Crippen LogP contribution in [-0.2, 0) is 19.1 Å². The Morgan fingerprint density at radius 2 is 2.05 bits per heavy atom. The minimum Gasteiger partial charge on any atom is -0.396 e. The van der Waals surface area contributed by atoms with Gasteiger partial charge >= 0.3 is 0 Å². The molecule has 0 aliphatic heterocycles.